The van der Waals surface area contributed by atoms with E-state index in [0.29, 0.717) is 17.8 Å². The van der Waals surface area contributed by atoms with Gasteiger partial charge in [0.25, 0.3) is 0 Å². The molecule has 6 nitrogen and oxygen atoms in total. The van der Waals surface area contributed by atoms with Crippen LogP contribution in [0, 0.1) is 11.3 Å². The van der Waals surface area contributed by atoms with E-state index in [1.807, 2.05) is 48.7 Å². The molecule has 2 amide bonds. The molecule has 0 spiro atoms. The summed E-state index contributed by atoms with van der Waals surface area (Å²) in [4.78, 5) is 11.9. The number of nitriles is 1. The van der Waals surface area contributed by atoms with Gasteiger partial charge >= 0.3 is 6.03 Å². The van der Waals surface area contributed by atoms with E-state index in [-0.39, 0.29) is 6.03 Å². The summed E-state index contributed by atoms with van der Waals surface area (Å²) >= 11 is 0. The highest BCUT2D eigenvalue weighted by molar-refractivity contribution is 5.89. The molecule has 1 heterocycles. The third kappa shape index (κ3) is 3.78. The normalized spacial score (nSPS) is 9.96. The smallest absolute Gasteiger partial charge is 0.319 e. The fourth-order valence-electron chi connectivity index (χ4n) is 2.15. The van der Waals surface area contributed by atoms with Crippen molar-refractivity contribution in [1.29, 1.82) is 5.26 Å². The van der Waals surface area contributed by atoms with E-state index in [1.165, 1.54) is 0 Å². The lowest BCUT2D eigenvalue weighted by Gasteiger charge is -2.06. The Labute approximate surface area is 139 Å². The van der Waals surface area contributed by atoms with E-state index in [4.69, 9.17) is 5.26 Å². The summed E-state index contributed by atoms with van der Waals surface area (Å²) in [6.07, 6.45) is 1.85. The SMILES string of the molecule is N#Cc1ccc(NC(=O)NCc2ccn(-c3ccccc3)n2)cc1. The Morgan fingerprint density at radius 2 is 1.83 bits per heavy atom. The van der Waals surface area contributed by atoms with Gasteiger partial charge in [-0.05, 0) is 42.5 Å². The third-order valence-corrected chi connectivity index (χ3v) is 3.37. The largest absolute Gasteiger partial charge is 0.332 e. The number of carbonyl (C=O) groups excluding carboxylic acids is 1. The van der Waals surface area contributed by atoms with E-state index < -0.39 is 0 Å². The van der Waals surface area contributed by atoms with Gasteiger partial charge in [0, 0.05) is 11.9 Å². The summed E-state index contributed by atoms with van der Waals surface area (Å²) in [5.74, 6) is 0. The molecule has 0 saturated carbocycles. The Balaban J connectivity index is 1.55. The molecule has 118 valence electrons. The second kappa shape index (κ2) is 7.11. The first-order chi connectivity index (χ1) is 11.7. The number of aromatic nitrogens is 2. The lowest BCUT2D eigenvalue weighted by Crippen LogP contribution is -2.28. The van der Waals surface area contributed by atoms with Crippen molar-refractivity contribution in [2.45, 2.75) is 6.54 Å². The van der Waals surface area contributed by atoms with Crippen molar-refractivity contribution in [2.75, 3.05) is 5.32 Å². The van der Waals surface area contributed by atoms with Gasteiger partial charge < -0.3 is 10.6 Å². The van der Waals surface area contributed by atoms with Crippen molar-refractivity contribution in [3.63, 3.8) is 0 Å². The number of para-hydroxylation sites is 1. The molecule has 3 rings (SSSR count). The van der Waals surface area contributed by atoms with Crippen molar-refractivity contribution in [1.82, 2.24) is 15.1 Å². The van der Waals surface area contributed by atoms with Gasteiger partial charge in [-0.3, -0.25) is 0 Å². The average molecular weight is 317 g/mol. The lowest BCUT2D eigenvalue weighted by molar-refractivity contribution is 0.251. The highest BCUT2D eigenvalue weighted by Crippen LogP contribution is 2.09. The van der Waals surface area contributed by atoms with Gasteiger partial charge in [-0.1, -0.05) is 18.2 Å². The minimum atomic E-state index is -0.325. The van der Waals surface area contributed by atoms with Crippen LogP contribution >= 0.6 is 0 Å². The number of nitrogens with zero attached hydrogens (tertiary/aromatic N) is 3. The number of amides is 2. The molecule has 0 unspecified atom stereocenters. The molecule has 0 bridgehead atoms. The summed E-state index contributed by atoms with van der Waals surface area (Å²) in [5, 5.41) is 18.6. The summed E-state index contributed by atoms with van der Waals surface area (Å²) in [5.41, 5.74) is 2.90. The molecule has 6 heteroatoms. The number of benzene rings is 2. The summed E-state index contributed by atoms with van der Waals surface area (Å²) in [6, 6.07) is 20.0. The van der Waals surface area contributed by atoms with Crippen molar-refractivity contribution >= 4 is 11.7 Å². The van der Waals surface area contributed by atoms with Crippen LogP contribution in [0.25, 0.3) is 5.69 Å². The number of anilines is 1. The van der Waals surface area contributed by atoms with Crippen LogP contribution < -0.4 is 10.6 Å². The average Bonchev–Trinajstić information content (AvgIpc) is 3.10. The number of urea groups is 1. The van der Waals surface area contributed by atoms with E-state index in [2.05, 4.69) is 15.7 Å². The molecular weight excluding hydrogens is 302 g/mol. The molecule has 24 heavy (non-hydrogen) atoms. The summed E-state index contributed by atoms with van der Waals surface area (Å²) in [7, 11) is 0. The maximum atomic E-state index is 11.9. The standard InChI is InChI=1S/C18H15N5O/c19-12-14-6-8-15(9-7-14)21-18(24)20-13-16-10-11-23(22-16)17-4-2-1-3-5-17/h1-11H,13H2,(H2,20,21,24). The molecule has 2 N–H and O–H groups in total. The molecule has 0 saturated heterocycles. The first kappa shape index (κ1) is 15.3. The molecule has 2 aromatic carbocycles. The van der Waals surface area contributed by atoms with E-state index >= 15 is 0 Å². The number of hydrogen-bond donors (Lipinski definition) is 2. The van der Waals surface area contributed by atoms with Gasteiger partial charge in [-0.2, -0.15) is 10.4 Å². The molecule has 0 aliphatic heterocycles. The number of nitrogens with one attached hydrogen (secondary N) is 2. The van der Waals surface area contributed by atoms with Gasteiger partial charge in [0.05, 0.1) is 29.6 Å². The highest BCUT2D eigenvalue weighted by Gasteiger charge is 2.05. The molecule has 0 aliphatic rings. The quantitative estimate of drug-likeness (QED) is 0.776. The first-order valence-electron chi connectivity index (χ1n) is 7.39. The molecular formula is C18H15N5O. The van der Waals surface area contributed by atoms with Gasteiger partial charge in [-0.25, -0.2) is 9.48 Å². The van der Waals surface area contributed by atoms with Crippen LogP contribution in [0.15, 0.2) is 66.9 Å². The predicted octanol–water partition coefficient (Wildman–Crippen LogP) is 3.07. The van der Waals surface area contributed by atoms with Gasteiger partial charge in [0.1, 0.15) is 0 Å². The highest BCUT2D eigenvalue weighted by atomic mass is 16.2. The zero-order valence-electron chi connectivity index (χ0n) is 12.8. The Bertz CT molecular complexity index is 862. The zero-order chi connectivity index (χ0) is 16.8. The fourth-order valence-corrected chi connectivity index (χ4v) is 2.15. The maximum Gasteiger partial charge on any atom is 0.319 e. The van der Waals surface area contributed by atoms with E-state index in [1.54, 1.807) is 28.9 Å². The van der Waals surface area contributed by atoms with E-state index in [0.717, 1.165) is 11.4 Å². The minimum Gasteiger partial charge on any atom is -0.332 e. The number of hydrogen-bond acceptors (Lipinski definition) is 3. The molecule has 0 fully saturated rings. The van der Waals surface area contributed by atoms with E-state index in [9.17, 15) is 4.79 Å². The monoisotopic (exact) mass is 317 g/mol. The van der Waals surface area contributed by atoms with Crippen LogP contribution in [0.5, 0.6) is 0 Å². The molecule has 0 radical (unpaired) electrons. The molecule has 1 aromatic heterocycles. The van der Waals surface area contributed by atoms with Gasteiger partial charge in [0.15, 0.2) is 0 Å². The minimum absolute atomic E-state index is 0.321. The van der Waals surface area contributed by atoms with Crippen LogP contribution in [0.3, 0.4) is 0 Å². The van der Waals surface area contributed by atoms with Crippen LogP contribution in [-0.2, 0) is 6.54 Å². The fraction of sp³-hybridized carbons (Fsp3) is 0.0556. The van der Waals surface area contributed by atoms with Crippen molar-refractivity contribution in [3.05, 3.63) is 78.1 Å². The predicted molar refractivity (Wildman–Crippen MR) is 90.6 cm³/mol. The Morgan fingerprint density at radius 3 is 2.54 bits per heavy atom. The number of rotatable bonds is 4. The maximum absolute atomic E-state index is 11.9. The van der Waals surface area contributed by atoms with Gasteiger partial charge in [0.2, 0.25) is 0 Å². The Kier molecular flexibility index (Phi) is 4.54. The van der Waals surface area contributed by atoms with Crippen molar-refractivity contribution in [2.24, 2.45) is 0 Å². The molecule has 3 aromatic rings. The van der Waals surface area contributed by atoms with Crippen LogP contribution in [0.1, 0.15) is 11.3 Å². The summed E-state index contributed by atoms with van der Waals surface area (Å²) in [6.45, 7) is 0.321. The topological polar surface area (TPSA) is 82.7 Å². The molecule has 0 atom stereocenters. The van der Waals surface area contributed by atoms with Gasteiger partial charge in [-0.15, -0.1) is 0 Å². The Hall–Kier alpha value is -3.59. The molecule has 0 aliphatic carbocycles. The number of carbonyl (C=O) groups is 1. The summed E-state index contributed by atoms with van der Waals surface area (Å²) < 4.78 is 1.76. The van der Waals surface area contributed by atoms with Crippen LogP contribution in [0.4, 0.5) is 10.5 Å². The van der Waals surface area contributed by atoms with Crippen LogP contribution in [-0.4, -0.2) is 15.8 Å². The first-order valence-corrected chi connectivity index (χ1v) is 7.39. The second-order valence-electron chi connectivity index (χ2n) is 5.08. The van der Waals surface area contributed by atoms with Crippen molar-refractivity contribution < 1.29 is 4.79 Å². The van der Waals surface area contributed by atoms with Crippen LogP contribution in [0.2, 0.25) is 0 Å². The zero-order valence-corrected chi connectivity index (χ0v) is 12.8. The lowest BCUT2D eigenvalue weighted by atomic mass is 10.2. The Morgan fingerprint density at radius 1 is 1.08 bits per heavy atom. The third-order valence-electron chi connectivity index (χ3n) is 3.37. The second-order valence-corrected chi connectivity index (χ2v) is 5.08. The van der Waals surface area contributed by atoms with Crippen molar-refractivity contribution in [3.8, 4) is 11.8 Å².